The number of rotatable bonds is 2. The third kappa shape index (κ3) is 3.22. The van der Waals surface area contributed by atoms with Gasteiger partial charge in [-0.25, -0.2) is 9.78 Å². The topological polar surface area (TPSA) is 65.2 Å². The van der Waals surface area contributed by atoms with Gasteiger partial charge >= 0.3 is 5.97 Å². The van der Waals surface area contributed by atoms with Crippen LogP contribution in [0, 0.1) is 5.41 Å². The molecule has 0 atom stereocenters. The molecule has 1 aliphatic rings. The fourth-order valence-corrected chi connectivity index (χ4v) is 2.27. The van der Waals surface area contributed by atoms with Crippen LogP contribution in [0.15, 0.2) is 18.2 Å². The van der Waals surface area contributed by atoms with Crippen molar-refractivity contribution >= 4 is 11.8 Å². The minimum Gasteiger partial charge on any atom is -0.458 e. The van der Waals surface area contributed by atoms with Crippen LogP contribution in [0.4, 0.5) is 5.82 Å². The van der Waals surface area contributed by atoms with Gasteiger partial charge in [-0.2, -0.15) is 0 Å². The molecule has 1 aromatic heterocycles. The highest BCUT2D eigenvalue weighted by Crippen LogP contribution is 2.36. The summed E-state index contributed by atoms with van der Waals surface area (Å²) in [5.74, 6) is -0.0266. The van der Waals surface area contributed by atoms with E-state index in [2.05, 4.69) is 18.8 Å². The van der Waals surface area contributed by atoms with Crippen molar-refractivity contribution in [2.45, 2.75) is 45.6 Å². The van der Waals surface area contributed by atoms with Gasteiger partial charge in [-0.15, -0.1) is 0 Å². The van der Waals surface area contributed by atoms with Gasteiger partial charge in [0.05, 0.1) is 0 Å². The van der Waals surface area contributed by atoms with E-state index in [1.807, 2.05) is 0 Å². The highest BCUT2D eigenvalue weighted by atomic mass is 16.5. The number of hydrogen-bond acceptors (Lipinski definition) is 4. The highest BCUT2D eigenvalue weighted by molar-refractivity contribution is 5.87. The summed E-state index contributed by atoms with van der Waals surface area (Å²) < 4.78 is 5.47. The Bertz CT molecular complexity index is 433. The zero-order chi connectivity index (χ0) is 13.2. The first-order chi connectivity index (χ1) is 8.46. The maximum atomic E-state index is 11.9. The maximum Gasteiger partial charge on any atom is 0.357 e. The Morgan fingerprint density at radius 1 is 1.39 bits per heavy atom. The lowest BCUT2D eigenvalue weighted by molar-refractivity contribution is 0.00893. The van der Waals surface area contributed by atoms with E-state index in [1.54, 1.807) is 18.2 Å². The lowest BCUT2D eigenvalue weighted by Gasteiger charge is -2.33. The van der Waals surface area contributed by atoms with E-state index >= 15 is 0 Å². The van der Waals surface area contributed by atoms with E-state index in [-0.39, 0.29) is 12.1 Å². The van der Waals surface area contributed by atoms with E-state index in [9.17, 15) is 4.79 Å². The van der Waals surface area contributed by atoms with Gasteiger partial charge in [0.1, 0.15) is 11.9 Å². The van der Waals surface area contributed by atoms with Crippen LogP contribution in [-0.2, 0) is 4.74 Å². The van der Waals surface area contributed by atoms with E-state index in [1.165, 1.54) is 0 Å². The van der Waals surface area contributed by atoms with Gasteiger partial charge in [-0.1, -0.05) is 19.9 Å². The van der Waals surface area contributed by atoms with Gasteiger partial charge in [0.25, 0.3) is 0 Å². The Labute approximate surface area is 108 Å². The van der Waals surface area contributed by atoms with Crippen molar-refractivity contribution in [3.05, 3.63) is 23.9 Å². The van der Waals surface area contributed by atoms with Crippen LogP contribution in [0.2, 0.25) is 0 Å². The molecule has 0 bridgehead atoms. The number of nitrogens with two attached hydrogens (primary N) is 1. The number of nitrogen functional groups attached to an aromatic ring is 1. The summed E-state index contributed by atoms with van der Waals surface area (Å²) in [6.07, 6.45) is 4.07. The van der Waals surface area contributed by atoms with Gasteiger partial charge in [-0.3, -0.25) is 0 Å². The number of carbonyl (C=O) groups excluding carboxylic acids is 1. The summed E-state index contributed by atoms with van der Waals surface area (Å²) in [5.41, 5.74) is 6.21. The molecule has 1 aliphatic carbocycles. The Balaban J connectivity index is 1.93. The average Bonchev–Trinajstić information content (AvgIpc) is 2.32. The van der Waals surface area contributed by atoms with Crippen molar-refractivity contribution in [2.24, 2.45) is 5.41 Å². The van der Waals surface area contributed by atoms with Crippen LogP contribution in [0.5, 0.6) is 0 Å². The lowest BCUT2D eigenvalue weighted by Crippen LogP contribution is -2.28. The van der Waals surface area contributed by atoms with Gasteiger partial charge in [0.15, 0.2) is 5.69 Å². The van der Waals surface area contributed by atoms with Crippen LogP contribution < -0.4 is 5.73 Å². The minimum absolute atomic E-state index is 0.0220. The summed E-state index contributed by atoms with van der Waals surface area (Å²) in [5, 5.41) is 0. The van der Waals surface area contributed by atoms with Crippen molar-refractivity contribution in [3.8, 4) is 0 Å². The van der Waals surface area contributed by atoms with Gasteiger partial charge in [0.2, 0.25) is 0 Å². The number of carbonyl (C=O) groups is 1. The van der Waals surface area contributed by atoms with Crippen molar-refractivity contribution in [3.63, 3.8) is 0 Å². The van der Waals surface area contributed by atoms with Crippen molar-refractivity contribution in [1.29, 1.82) is 0 Å². The van der Waals surface area contributed by atoms with Crippen LogP contribution >= 0.6 is 0 Å². The minimum atomic E-state index is -0.369. The van der Waals surface area contributed by atoms with Gasteiger partial charge in [0, 0.05) is 0 Å². The summed E-state index contributed by atoms with van der Waals surface area (Å²) in [4.78, 5) is 15.9. The molecule has 98 valence electrons. The molecule has 0 unspecified atom stereocenters. The number of pyridine rings is 1. The second kappa shape index (κ2) is 4.96. The third-order valence-corrected chi connectivity index (χ3v) is 3.54. The molecule has 0 spiro atoms. The fraction of sp³-hybridized carbons (Fsp3) is 0.571. The standard InChI is InChI=1S/C14H20N2O2/c1-14(2)8-6-10(7-9-14)18-13(17)11-4-3-5-12(15)16-11/h3-5,10H,6-9H2,1-2H3,(H2,15,16). The molecule has 0 aromatic carbocycles. The van der Waals surface area contributed by atoms with Gasteiger partial charge in [-0.05, 0) is 43.2 Å². The third-order valence-electron chi connectivity index (χ3n) is 3.54. The molecule has 4 heteroatoms. The van der Waals surface area contributed by atoms with Crippen LogP contribution in [-0.4, -0.2) is 17.1 Å². The van der Waals surface area contributed by atoms with E-state index < -0.39 is 0 Å². The number of anilines is 1. The Kier molecular flexibility index (Phi) is 3.55. The number of hydrogen-bond donors (Lipinski definition) is 1. The predicted octanol–water partition coefficient (Wildman–Crippen LogP) is 2.79. The Morgan fingerprint density at radius 3 is 2.67 bits per heavy atom. The molecular weight excluding hydrogens is 228 g/mol. The summed E-state index contributed by atoms with van der Waals surface area (Å²) >= 11 is 0. The zero-order valence-corrected chi connectivity index (χ0v) is 11.0. The first-order valence-corrected chi connectivity index (χ1v) is 6.40. The van der Waals surface area contributed by atoms with E-state index in [0.717, 1.165) is 25.7 Å². The van der Waals surface area contributed by atoms with Crippen LogP contribution in [0.3, 0.4) is 0 Å². The second-order valence-electron chi connectivity index (χ2n) is 5.72. The molecular formula is C14H20N2O2. The van der Waals surface area contributed by atoms with Crippen LogP contribution in [0.25, 0.3) is 0 Å². The average molecular weight is 248 g/mol. The smallest absolute Gasteiger partial charge is 0.357 e. The number of ether oxygens (including phenoxy) is 1. The molecule has 1 aromatic rings. The maximum absolute atomic E-state index is 11.9. The Hall–Kier alpha value is -1.58. The molecule has 1 fully saturated rings. The van der Waals surface area contributed by atoms with E-state index in [0.29, 0.717) is 16.9 Å². The first-order valence-electron chi connectivity index (χ1n) is 6.40. The number of aromatic nitrogens is 1. The van der Waals surface area contributed by atoms with E-state index in [4.69, 9.17) is 10.5 Å². The van der Waals surface area contributed by atoms with Crippen LogP contribution in [0.1, 0.15) is 50.0 Å². The predicted molar refractivity (Wildman–Crippen MR) is 70.1 cm³/mol. The molecule has 0 amide bonds. The lowest BCUT2D eigenvalue weighted by atomic mass is 9.76. The molecule has 2 rings (SSSR count). The Morgan fingerprint density at radius 2 is 2.06 bits per heavy atom. The normalized spacial score (nSPS) is 19.4. The molecule has 2 N–H and O–H groups in total. The van der Waals surface area contributed by atoms with Crippen molar-refractivity contribution in [1.82, 2.24) is 4.98 Å². The molecule has 0 aliphatic heterocycles. The zero-order valence-electron chi connectivity index (χ0n) is 11.0. The molecule has 0 saturated heterocycles. The monoisotopic (exact) mass is 248 g/mol. The summed E-state index contributed by atoms with van der Waals surface area (Å²) in [6, 6.07) is 4.99. The second-order valence-corrected chi connectivity index (χ2v) is 5.72. The number of nitrogens with zero attached hydrogens (tertiary/aromatic N) is 1. The van der Waals surface area contributed by atoms with Crippen molar-refractivity contribution in [2.75, 3.05) is 5.73 Å². The molecule has 0 radical (unpaired) electrons. The largest absolute Gasteiger partial charge is 0.458 e. The first kappa shape index (κ1) is 12.9. The molecule has 18 heavy (non-hydrogen) atoms. The van der Waals surface area contributed by atoms with Gasteiger partial charge < -0.3 is 10.5 Å². The summed E-state index contributed by atoms with van der Waals surface area (Å²) in [6.45, 7) is 4.51. The summed E-state index contributed by atoms with van der Waals surface area (Å²) in [7, 11) is 0. The molecule has 4 nitrogen and oxygen atoms in total. The fourth-order valence-electron chi connectivity index (χ4n) is 2.27. The molecule has 1 heterocycles. The SMILES string of the molecule is CC1(C)CCC(OC(=O)c2cccc(N)n2)CC1. The number of esters is 1. The quantitative estimate of drug-likeness (QED) is 0.817. The molecule has 1 saturated carbocycles. The highest BCUT2D eigenvalue weighted by Gasteiger charge is 2.29. The van der Waals surface area contributed by atoms with Crippen molar-refractivity contribution < 1.29 is 9.53 Å².